The van der Waals surface area contributed by atoms with E-state index in [9.17, 15) is 0 Å². The van der Waals surface area contributed by atoms with Crippen LogP contribution in [0, 0.1) is 0 Å². The van der Waals surface area contributed by atoms with Gasteiger partial charge in [0.05, 0.1) is 5.60 Å². The standard InChI is InChI=1S/C11H14N2.C4H10O.CH2O/c1-3-8-9-7-12-6-5-11(9)13-10(8)4-2;1-4(2,3)5;1-2/h3-4,12-13H,1-2,5-7H2;5H,1-3H3;1H2. The average molecular weight is 278 g/mol. The highest BCUT2D eigenvalue weighted by Crippen LogP contribution is 2.23. The molecule has 0 amide bonds. The summed E-state index contributed by atoms with van der Waals surface area (Å²) in [6.07, 6.45) is 4.83. The number of aromatic amines is 1. The molecule has 4 heteroatoms. The first-order valence-corrected chi connectivity index (χ1v) is 6.57. The summed E-state index contributed by atoms with van der Waals surface area (Å²) in [5.41, 5.74) is 4.50. The van der Waals surface area contributed by atoms with Crippen LogP contribution in [0.5, 0.6) is 0 Å². The zero-order valence-electron chi connectivity index (χ0n) is 12.8. The highest BCUT2D eigenvalue weighted by atomic mass is 16.3. The molecular formula is C16H26N2O2. The third kappa shape index (κ3) is 5.99. The fourth-order valence-electron chi connectivity index (χ4n) is 1.87. The summed E-state index contributed by atoms with van der Waals surface area (Å²) >= 11 is 0. The summed E-state index contributed by atoms with van der Waals surface area (Å²) in [7, 11) is 0. The van der Waals surface area contributed by atoms with Crippen molar-refractivity contribution >= 4 is 18.9 Å². The fraction of sp³-hybridized carbons (Fsp3) is 0.438. The minimum absolute atomic E-state index is 0.500. The fourth-order valence-corrected chi connectivity index (χ4v) is 1.87. The molecule has 3 N–H and O–H groups in total. The minimum Gasteiger partial charge on any atom is -0.391 e. The second kappa shape index (κ2) is 8.51. The molecule has 2 rings (SSSR count). The molecule has 0 atom stereocenters. The number of aliphatic hydroxyl groups is 1. The molecule has 1 aliphatic heterocycles. The molecule has 1 aromatic heterocycles. The monoisotopic (exact) mass is 278 g/mol. The van der Waals surface area contributed by atoms with Gasteiger partial charge >= 0.3 is 0 Å². The number of carbonyl (C=O) groups is 1. The van der Waals surface area contributed by atoms with Crippen molar-refractivity contribution in [3.63, 3.8) is 0 Å². The quantitative estimate of drug-likeness (QED) is 0.779. The molecule has 0 unspecified atom stereocenters. The van der Waals surface area contributed by atoms with Crippen molar-refractivity contribution in [2.24, 2.45) is 0 Å². The Morgan fingerprint density at radius 1 is 1.20 bits per heavy atom. The van der Waals surface area contributed by atoms with Crippen LogP contribution in [0.3, 0.4) is 0 Å². The number of fused-ring (bicyclic) bond motifs is 1. The molecule has 0 saturated carbocycles. The number of aromatic nitrogens is 1. The van der Waals surface area contributed by atoms with Crippen molar-refractivity contribution in [2.45, 2.75) is 39.3 Å². The Balaban J connectivity index is 0.000000441. The van der Waals surface area contributed by atoms with Gasteiger partial charge in [0.15, 0.2) is 0 Å². The molecule has 0 radical (unpaired) electrons. The lowest BCUT2D eigenvalue weighted by Gasteiger charge is -2.12. The molecule has 20 heavy (non-hydrogen) atoms. The van der Waals surface area contributed by atoms with E-state index in [1.165, 1.54) is 16.8 Å². The number of carbonyl (C=O) groups excluding carboxylic acids is 1. The Morgan fingerprint density at radius 2 is 1.75 bits per heavy atom. The molecule has 0 bridgehead atoms. The normalized spacial score (nSPS) is 13.0. The van der Waals surface area contributed by atoms with Crippen molar-refractivity contribution in [3.05, 3.63) is 35.7 Å². The maximum Gasteiger partial charge on any atom is 0.106 e. The topological polar surface area (TPSA) is 65.1 Å². The van der Waals surface area contributed by atoms with Crippen LogP contribution in [0.25, 0.3) is 12.2 Å². The largest absolute Gasteiger partial charge is 0.391 e. The lowest BCUT2D eigenvalue weighted by atomic mass is 10.0. The smallest absolute Gasteiger partial charge is 0.106 e. The van der Waals surface area contributed by atoms with Gasteiger partial charge in [-0.2, -0.15) is 0 Å². The highest BCUT2D eigenvalue weighted by Gasteiger charge is 2.15. The Morgan fingerprint density at radius 3 is 2.20 bits per heavy atom. The summed E-state index contributed by atoms with van der Waals surface area (Å²) < 4.78 is 0. The van der Waals surface area contributed by atoms with Gasteiger partial charge in [0.25, 0.3) is 0 Å². The van der Waals surface area contributed by atoms with Crippen LogP contribution >= 0.6 is 0 Å². The summed E-state index contributed by atoms with van der Waals surface area (Å²) in [6.45, 7) is 16.8. The first-order valence-electron chi connectivity index (χ1n) is 6.57. The molecular weight excluding hydrogens is 252 g/mol. The van der Waals surface area contributed by atoms with Crippen LogP contribution < -0.4 is 5.32 Å². The second-order valence-corrected chi connectivity index (χ2v) is 5.42. The zero-order valence-corrected chi connectivity index (χ0v) is 12.8. The molecule has 0 aromatic carbocycles. The Hall–Kier alpha value is -1.65. The van der Waals surface area contributed by atoms with Crippen LogP contribution in [0.4, 0.5) is 0 Å². The molecule has 4 nitrogen and oxygen atoms in total. The number of nitrogens with one attached hydrogen (secondary N) is 2. The molecule has 112 valence electrons. The van der Waals surface area contributed by atoms with Gasteiger partial charge in [-0.25, -0.2) is 0 Å². The van der Waals surface area contributed by atoms with Gasteiger partial charge < -0.3 is 20.2 Å². The Labute approximate surface area is 121 Å². The predicted molar refractivity (Wildman–Crippen MR) is 85.5 cm³/mol. The van der Waals surface area contributed by atoms with Gasteiger partial charge in [0.1, 0.15) is 6.79 Å². The van der Waals surface area contributed by atoms with Crippen molar-refractivity contribution in [1.29, 1.82) is 0 Å². The van der Waals surface area contributed by atoms with Crippen LogP contribution in [-0.2, 0) is 17.8 Å². The van der Waals surface area contributed by atoms with Gasteiger partial charge in [-0.3, -0.25) is 0 Å². The highest BCUT2D eigenvalue weighted by molar-refractivity contribution is 5.66. The maximum absolute atomic E-state index is 8.52. The van der Waals surface area contributed by atoms with Crippen LogP contribution in [0.2, 0.25) is 0 Å². The van der Waals surface area contributed by atoms with Crippen molar-refractivity contribution in [3.8, 4) is 0 Å². The number of H-pyrrole nitrogens is 1. The number of hydrogen-bond donors (Lipinski definition) is 3. The van der Waals surface area contributed by atoms with Crippen molar-refractivity contribution in [2.75, 3.05) is 6.54 Å². The SMILES string of the molecule is C=Cc1[nH]c2c(c1C=C)CNCC2.C=O.CC(C)(C)O. The molecule has 1 aromatic rings. The lowest BCUT2D eigenvalue weighted by molar-refractivity contribution is -0.0979. The summed E-state index contributed by atoms with van der Waals surface area (Å²) in [5, 5.41) is 11.9. The lowest BCUT2D eigenvalue weighted by Crippen LogP contribution is -2.23. The molecule has 0 saturated heterocycles. The first-order chi connectivity index (χ1) is 9.36. The van der Waals surface area contributed by atoms with Gasteiger partial charge in [-0.15, -0.1) is 0 Å². The third-order valence-electron chi connectivity index (χ3n) is 2.53. The number of rotatable bonds is 2. The van der Waals surface area contributed by atoms with Gasteiger partial charge in [0.2, 0.25) is 0 Å². The molecule has 0 aliphatic carbocycles. The van der Waals surface area contributed by atoms with Gasteiger partial charge in [-0.05, 0) is 32.4 Å². The van der Waals surface area contributed by atoms with E-state index in [4.69, 9.17) is 9.90 Å². The van der Waals surface area contributed by atoms with E-state index in [1.54, 1.807) is 20.8 Å². The number of hydrogen-bond acceptors (Lipinski definition) is 3. The van der Waals surface area contributed by atoms with E-state index in [0.717, 1.165) is 25.2 Å². The summed E-state index contributed by atoms with van der Waals surface area (Å²) in [4.78, 5) is 11.4. The average Bonchev–Trinajstić information content (AvgIpc) is 2.76. The van der Waals surface area contributed by atoms with E-state index in [-0.39, 0.29) is 0 Å². The first kappa shape index (κ1) is 18.4. The minimum atomic E-state index is -0.500. The van der Waals surface area contributed by atoms with E-state index < -0.39 is 5.60 Å². The van der Waals surface area contributed by atoms with Gasteiger partial charge in [-0.1, -0.05) is 19.2 Å². The van der Waals surface area contributed by atoms with E-state index in [2.05, 4.69) is 23.5 Å². The maximum atomic E-state index is 8.52. The molecule has 2 heterocycles. The summed E-state index contributed by atoms with van der Waals surface area (Å²) in [6, 6.07) is 0. The predicted octanol–water partition coefficient (Wildman–Crippen LogP) is 2.54. The molecule has 0 spiro atoms. The Kier molecular flexibility index (Phi) is 7.80. The van der Waals surface area contributed by atoms with E-state index in [1.807, 2.05) is 18.9 Å². The van der Waals surface area contributed by atoms with E-state index in [0.29, 0.717) is 0 Å². The molecule has 0 fully saturated rings. The van der Waals surface area contributed by atoms with Crippen molar-refractivity contribution in [1.82, 2.24) is 10.3 Å². The van der Waals surface area contributed by atoms with Crippen molar-refractivity contribution < 1.29 is 9.90 Å². The van der Waals surface area contributed by atoms with E-state index >= 15 is 0 Å². The Bertz CT molecular complexity index is 436. The van der Waals surface area contributed by atoms with Crippen LogP contribution in [0.15, 0.2) is 13.2 Å². The second-order valence-electron chi connectivity index (χ2n) is 5.42. The third-order valence-corrected chi connectivity index (χ3v) is 2.53. The van der Waals surface area contributed by atoms with Gasteiger partial charge in [0, 0.05) is 36.5 Å². The summed E-state index contributed by atoms with van der Waals surface area (Å²) in [5.74, 6) is 0. The zero-order chi connectivity index (χ0) is 15.8. The van der Waals surface area contributed by atoms with Crippen LogP contribution in [-0.4, -0.2) is 29.0 Å². The van der Waals surface area contributed by atoms with Crippen LogP contribution in [0.1, 0.15) is 43.3 Å². The molecule has 1 aliphatic rings.